The quantitative estimate of drug-likeness (QED) is 0.439. The number of amides is 2. The smallest absolute Gasteiger partial charge is 0.329 e. The molecule has 0 radical (unpaired) electrons. The van der Waals surface area contributed by atoms with Gasteiger partial charge < -0.3 is 14.5 Å². The molecule has 200 valence electrons. The lowest BCUT2D eigenvalue weighted by atomic mass is 9.97. The van der Waals surface area contributed by atoms with Gasteiger partial charge in [0.05, 0.1) is 34.3 Å². The highest BCUT2D eigenvalue weighted by Gasteiger charge is 2.37. The Morgan fingerprint density at radius 1 is 1.03 bits per heavy atom. The zero-order valence-corrected chi connectivity index (χ0v) is 22.8. The molecule has 1 aromatic carbocycles. The van der Waals surface area contributed by atoms with E-state index in [1.807, 2.05) is 56.0 Å². The first-order valence-electron chi connectivity index (χ1n) is 13.2. The second kappa shape index (κ2) is 11.1. The van der Waals surface area contributed by atoms with Gasteiger partial charge in [-0.25, -0.2) is 14.5 Å². The van der Waals surface area contributed by atoms with E-state index in [1.165, 1.54) is 11.3 Å². The molecule has 0 saturated carbocycles. The van der Waals surface area contributed by atoms with E-state index in [2.05, 4.69) is 10.1 Å². The van der Waals surface area contributed by atoms with Crippen LogP contribution in [0.5, 0.6) is 0 Å². The van der Waals surface area contributed by atoms with Crippen molar-refractivity contribution in [1.29, 1.82) is 0 Å². The summed E-state index contributed by atoms with van der Waals surface area (Å²) in [5.41, 5.74) is 2.75. The summed E-state index contributed by atoms with van der Waals surface area (Å²) in [5, 5.41) is 7.14. The predicted molar refractivity (Wildman–Crippen MR) is 144 cm³/mol. The molecular weight excluding hydrogens is 502 g/mol. The Bertz CT molecular complexity index is 1310. The molecule has 1 unspecified atom stereocenters. The van der Waals surface area contributed by atoms with Crippen LogP contribution in [0, 0.1) is 6.92 Å². The minimum absolute atomic E-state index is 0.00787. The van der Waals surface area contributed by atoms with E-state index >= 15 is 0 Å². The maximum atomic E-state index is 13.3. The Hall–Kier alpha value is -3.53. The minimum atomic E-state index is -0.543. The standard InChI is InChI=1S/C28H33N5O4S/c1-18(2)37-28(36)24-10-7-13-32(24)27(35)23-17-38-25(30-23)20-11-14-31(15-12-20)26(34)22-16-29-33(19(22)3)21-8-5-4-6-9-21/h4-6,8-9,16-18,20,24H,7,10-15H2,1-3H3. The molecule has 2 fully saturated rings. The fourth-order valence-electron chi connectivity index (χ4n) is 5.24. The van der Waals surface area contributed by atoms with Crippen LogP contribution in [-0.2, 0) is 9.53 Å². The highest BCUT2D eigenvalue weighted by Crippen LogP contribution is 2.32. The van der Waals surface area contributed by atoms with Crippen molar-refractivity contribution >= 4 is 29.1 Å². The summed E-state index contributed by atoms with van der Waals surface area (Å²) in [6.45, 7) is 7.31. The van der Waals surface area contributed by atoms with Crippen molar-refractivity contribution < 1.29 is 19.1 Å². The molecule has 2 aliphatic rings. The Morgan fingerprint density at radius 2 is 1.76 bits per heavy atom. The zero-order valence-electron chi connectivity index (χ0n) is 22.0. The fourth-order valence-corrected chi connectivity index (χ4v) is 6.20. The first kappa shape index (κ1) is 26.1. The van der Waals surface area contributed by atoms with Crippen molar-refractivity contribution in [2.75, 3.05) is 19.6 Å². The number of para-hydroxylation sites is 1. The highest BCUT2D eigenvalue weighted by atomic mass is 32.1. The molecule has 4 heterocycles. The van der Waals surface area contributed by atoms with Gasteiger partial charge in [-0.3, -0.25) is 9.59 Å². The number of hydrogen-bond donors (Lipinski definition) is 0. The van der Waals surface area contributed by atoms with Crippen molar-refractivity contribution in [2.24, 2.45) is 0 Å². The number of carbonyl (C=O) groups is 3. The Labute approximate surface area is 226 Å². The lowest BCUT2D eigenvalue weighted by Gasteiger charge is -2.31. The number of esters is 1. The number of likely N-dealkylation sites (tertiary alicyclic amines) is 2. The number of aromatic nitrogens is 3. The van der Waals surface area contributed by atoms with Crippen LogP contribution in [-0.4, -0.2) is 74.1 Å². The highest BCUT2D eigenvalue weighted by molar-refractivity contribution is 7.09. The number of hydrogen-bond acceptors (Lipinski definition) is 7. The van der Waals surface area contributed by atoms with Gasteiger partial charge in [0.2, 0.25) is 0 Å². The number of rotatable bonds is 6. The largest absolute Gasteiger partial charge is 0.461 e. The number of thiazole rings is 1. The molecule has 0 bridgehead atoms. The molecule has 0 spiro atoms. The SMILES string of the molecule is Cc1c(C(=O)N2CCC(c3nc(C(=O)N4CCCC4C(=O)OC(C)C)cs3)CC2)cnn1-c1ccccc1. The normalized spacial score (nSPS) is 18.3. The molecule has 10 heteroatoms. The van der Waals surface area contributed by atoms with Crippen LogP contribution in [0.25, 0.3) is 5.69 Å². The van der Waals surface area contributed by atoms with Gasteiger partial charge in [-0.2, -0.15) is 5.10 Å². The lowest BCUT2D eigenvalue weighted by molar-refractivity contribution is -0.152. The molecule has 38 heavy (non-hydrogen) atoms. The van der Waals surface area contributed by atoms with E-state index in [1.54, 1.807) is 21.2 Å². The molecule has 2 aliphatic heterocycles. The van der Waals surface area contributed by atoms with Crippen LogP contribution >= 0.6 is 11.3 Å². The number of carbonyl (C=O) groups excluding carboxylic acids is 3. The molecule has 2 amide bonds. The average Bonchev–Trinajstić information content (AvgIpc) is 3.68. The van der Waals surface area contributed by atoms with Crippen LogP contribution < -0.4 is 0 Å². The summed E-state index contributed by atoms with van der Waals surface area (Å²) < 4.78 is 7.15. The van der Waals surface area contributed by atoms with Gasteiger partial charge in [0.1, 0.15) is 11.7 Å². The first-order chi connectivity index (χ1) is 18.3. The van der Waals surface area contributed by atoms with Crippen molar-refractivity contribution in [1.82, 2.24) is 24.6 Å². The number of benzene rings is 1. The third-order valence-corrected chi connectivity index (χ3v) is 8.26. The maximum Gasteiger partial charge on any atom is 0.329 e. The van der Waals surface area contributed by atoms with E-state index in [0.29, 0.717) is 37.3 Å². The summed E-state index contributed by atoms with van der Waals surface area (Å²) in [5.74, 6) is -0.373. The van der Waals surface area contributed by atoms with E-state index < -0.39 is 6.04 Å². The molecule has 0 N–H and O–H groups in total. The van der Waals surface area contributed by atoms with E-state index in [9.17, 15) is 14.4 Å². The summed E-state index contributed by atoms with van der Waals surface area (Å²) in [7, 11) is 0. The zero-order chi connectivity index (χ0) is 26.8. The van der Waals surface area contributed by atoms with Crippen LogP contribution in [0.2, 0.25) is 0 Å². The Morgan fingerprint density at radius 3 is 2.47 bits per heavy atom. The monoisotopic (exact) mass is 535 g/mol. The van der Waals surface area contributed by atoms with Crippen LogP contribution in [0.1, 0.15) is 77.0 Å². The van der Waals surface area contributed by atoms with Crippen LogP contribution in [0.15, 0.2) is 41.9 Å². The van der Waals surface area contributed by atoms with Crippen molar-refractivity contribution in [3.63, 3.8) is 0 Å². The molecule has 2 aromatic heterocycles. The van der Waals surface area contributed by atoms with Crippen molar-refractivity contribution in [3.8, 4) is 5.69 Å². The summed E-state index contributed by atoms with van der Waals surface area (Å²) in [6.07, 6.45) is 4.39. The van der Waals surface area contributed by atoms with E-state index in [-0.39, 0.29) is 29.8 Å². The van der Waals surface area contributed by atoms with Crippen molar-refractivity contribution in [3.05, 3.63) is 63.9 Å². The third-order valence-electron chi connectivity index (χ3n) is 7.25. The van der Waals surface area contributed by atoms with E-state index in [4.69, 9.17) is 4.74 Å². The molecule has 2 saturated heterocycles. The molecular formula is C28H33N5O4S. The van der Waals surface area contributed by atoms with Gasteiger partial charge >= 0.3 is 5.97 Å². The van der Waals surface area contributed by atoms with Crippen LogP contribution in [0.3, 0.4) is 0 Å². The Kier molecular flexibility index (Phi) is 7.60. The van der Waals surface area contributed by atoms with Gasteiger partial charge in [0.15, 0.2) is 0 Å². The Balaban J connectivity index is 1.20. The summed E-state index contributed by atoms with van der Waals surface area (Å²) >= 11 is 1.48. The topological polar surface area (TPSA) is 97.6 Å². The van der Waals surface area contributed by atoms with Gasteiger partial charge in [-0.15, -0.1) is 11.3 Å². The van der Waals surface area contributed by atoms with E-state index in [0.717, 1.165) is 35.7 Å². The second-order valence-corrected chi connectivity index (χ2v) is 11.1. The number of nitrogens with zero attached hydrogens (tertiary/aromatic N) is 5. The fraction of sp³-hybridized carbons (Fsp3) is 0.464. The molecule has 3 aromatic rings. The summed E-state index contributed by atoms with van der Waals surface area (Å²) in [6, 6.07) is 9.24. The van der Waals surface area contributed by atoms with Crippen molar-refractivity contribution in [2.45, 2.75) is 64.5 Å². The van der Waals surface area contributed by atoms with Gasteiger partial charge in [-0.1, -0.05) is 18.2 Å². The van der Waals surface area contributed by atoms with Crippen LogP contribution in [0.4, 0.5) is 0 Å². The predicted octanol–water partition coefficient (Wildman–Crippen LogP) is 4.21. The average molecular weight is 536 g/mol. The first-order valence-corrected chi connectivity index (χ1v) is 14.1. The lowest BCUT2D eigenvalue weighted by Crippen LogP contribution is -2.42. The molecule has 5 rings (SSSR count). The number of ether oxygens (including phenoxy) is 1. The van der Waals surface area contributed by atoms with Gasteiger partial charge in [-0.05, 0) is 58.6 Å². The molecule has 9 nitrogen and oxygen atoms in total. The maximum absolute atomic E-state index is 13.3. The minimum Gasteiger partial charge on any atom is -0.461 e. The van der Waals surface area contributed by atoms with Gasteiger partial charge in [0, 0.05) is 30.9 Å². The molecule has 1 atom stereocenters. The molecule has 0 aliphatic carbocycles. The second-order valence-electron chi connectivity index (χ2n) is 10.2. The third kappa shape index (κ3) is 5.22. The number of piperidine rings is 1. The van der Waals surface area contributed by atoms with Gasteiger partial charge in [0.25, 0.3) is 11.8 Å². The summed E-state index contributed by atoms with van der Waals surface area (Å²) in [4.78, 5) is 47.1.